The van der Waals surface area contributed by atoms with Gasteiger partial charge in [0.15, 0.2) is 5.41 Å². The minimum atomic E-state index is -1.34. The smallest absolute Gasteiger partial charge is 0.348 e. The molecule has 0 amide bonds. The normalized spacial score (nSPS) is 30.4. The van der Waals surface area contributed by atoms with Crippen LogP contribution in [0, 0.1) is 22.2 Å². The van der Waals surface area contributed by atoms with Crippen molar-refractivity contribution in [2.75, 3.05) is 6.61 Å². The molecule has 1 aliphatic carbocycles. The monoisotopic (exact) mass is 339 g/mol. The third-order valence-corrected chi connectivity index (χ3v) is 5.07. The summed E-state index contributed by atoms with van der Waals surface area (Å²) in [5.41, 5.74) is -1.02. The quantitative estimate of drug-likeness (QED) is 0.624. The molecule has 1 aliphatic heterocycles. The van der Waals surface area contributed by atoms with Gasteiger partial charge in [-0.15, -0.1) is 0 Å². The lowest BCUT2D eigenvalue weighted by Gasteiger charge is -2.36. The second-order valence-corrected chi connectivity index (χ2v) is 7.34. The standard InChI is InChI=1S/C20H21NO4/c1-19(2)13-24-17(22)16(19)25-18(23)20(12-21)11-7-6-10-15(20)14-8-4-3-5-9-14/h3-9,15-16H,10-11,13H2,1-2H3/t15-,16-,20-/m0/s1. The molecule has 25 heavy (non-hydrogen) atoms. The lowest BCUT2D eigenvalue weighted by Crippen LogP contribution is -2.44. The predicted octanol–water partition coefficient (Wildman–Crippen LogP) is 3.12. The topological polar surface area (TPSA) is 76.4 Å². The van der Waals surface area contributed by atoms with Crippen LogP contribution in [0.25, 0.3) is 0 Å². The van der Waals surface area contributed by atoms with Crippen molar-refractivity contribution >= 4 is 11.9 Å². The summed E-state index contributed by atoms with van der Waals surface area (Å²) in [5, 5.41) is 9.91. The van der Waals surface area contributed by atoms with E-state index in [-0.39, 0.29) is 18.9 Å². The van der Waals surface area contributed by atoms with Crippen molar-refractivity contribution in [3.63, 3.8) is 0 Å². The number of rotatable bonds is 3. The zero-order valence-corrected chi connectivity index (χ0v) is 14.4. The Morgan fingerprint density at radius 2 is 2.00 bits per heavy atom. The molecule has 1 heterocycles. The number of nitriles is 1. The fourth-order valence-electron chi connectivity index (χ4n) is 3.49. The van der Waals surface area contributed by atoms with Gasteiger partial charge in [0, 0.05) is 11.3 Å². The Labute approximate surface area is 147 Å². The first-order valence-electron chi connectivity index (χ1n) is 8.40. The third kappa shape index (κ3) is 2.93. The van der Waals surface area contributed by atoms with Crippen molar-refractivity contribution in [1.82, 2.24) is 0 Å². The van der Waals surface area contributed by atoms with Crippen molar-refractivity contribution in [1.29, 1.82) is 5.26 Å². The molecule has 130 valence electrons. The van der Waals surface area contributed by atoms with Crippen LogP contribution in [0.15, 0.2) is 42.5 Å². The second kappa shape index (κ2) is 6.36. The van der Waals surface area contributed by atoms with Gasteiger partial charge in [-0.3, -0.25) is 4.79 Å². The first-order chi connectivity index (χ1) is 11.9. The molecule has 2 aliphatic rings. The van der Waals surface area contributed by atoms with Gasteiger partial charge >= 0.3 is 11.9 Å². The molecule has 5 nitrogen and oxygen atoms in total. The maximum atomic E-state index is 13.0. The molecule has 0 aromatic heterocycles. The second-order valence-electron chi connectivity index (χ2n) is 7.34. The summed E-state index contributed by atoms with van der Waals surface area (Å²) in [6.07, 6.45) is 3.68. The van der Waals surface area contributed by atoms with E-state index >= 15 is 0 Å². The third-order valence-electron chi connectivity index (χ3n) is 5.07. The molecule has 0 spiro atoms. The average Bonchev–Trinajstić information content (AvgIpc) is 2.89. The number of carbonyl (C=O) groups excluding carboxylic acids is 2. The van der Waals surface area contributed by atoms with Crippen LogP contribution in [0.5, 0.6) is 0 Å². The first-order valence-corrected chi connectivity index (χ1v) is 8.40. The van der Waals surface area contributed by atoms with Gasteiger partial charge in [-0.2, -0.15) is 5.26 Å². The van der Waals surface area contributed by atoms with E-state index in [0.717, 1.165) is 5.56 Å². The van der Waals surface area contributed by atoms with Gasteiger partial charge in [0.1, 0.15) is 6.61 Å². The van der Waals surface area contributed by atoms with E-state index in [2.05, 4.69) is 6.07 Å². The number of nitrogens with zero attached hydrogens (tertiary/aromatic N) is 1. The van der Waals surface area contributed by atoms with Crippen LogP contribution in [0.4, 0.5) is 0 Å². The summed E-state index contributed by atoms with van der Waals surface area (Å²) in [5.74, 6) is -1.50. The number of benzene rings is 1. The van der Waals surface area contributed by atoms with Crippen LogP contribution < -0.4 is 0 Å². The van der Waals surface area contributed by atoms with Crippen molar-refractivity contribution in [3.8, 4) is 6.07 Å². The van der Waals surface area contributed by atoms with Gasteiger partial charge in [0.2, 0.25) is 6.10 Å². The molecule has 1 aromatic rings. The summed E-state index contributed by atoms with van der Waals surface area (Å²) < 4.78 is 10.6. The number of cyclic esters (lactones) is 1. The van der Waals surface area contributed by atoms with Crippen molar-refractivity contribution in [3.05, 3.63) is 48.0 Å². The highest BCUT2D eigenvalue weighted by atomic mass is 16.6. The number of hydrogen-bond donors (Lipinski definition) is 0. The highest BCUT2D eigenvalue weighted by Crippen LogP contribution is 2.46. The van der Waals surface area contributed by atoms with Gasteiger partial charge in [0.25, 0.3) is 0 Å². The average molecular weight is 339 g/mol. The predicted molar refractivity (Wildman–Crippen MR) is 90.2 cm³/mol. The van der Waals surface area contributed by atoms with Crippen LogP contribution in [0.1, 0.15) is 38.2 Å². The first kappa shape index (κ1) is 17.2. The summed E-state index contributed by atoms with van der Waals surface area (Å²) in [6, 6.07) is 11.7. The van der Waals surface area contributed by atoms with Gasteiger partial charge in [-0.1, -0.05) is 56.3 Å². The Morgan fingerprint density at radius 1 is 1.28 bits per heavy atom. The highest BCUT2D eigenvalue weighted by Gasteiger charge is 2.53. The van der Waals surface area contributed by atoms with Crippen molar-refractivity contribution in [2.24, 2.45) is 10.8 Å². The zero-order valence-electron chi connectivity index (χ0n) is 14.4. The Balaban J connectivity index is 1.93. The van der Waals surface area contributed by atoms with Gasteiger partial charge in [-0.25, -0.2) is 4.79 Å². The van der Waals surface area contributed by atoms with E-state index < -0.39 is 28.9 Å². The fourth-order valence-corrected chi connectivity index (χ4v) is 3.49. The Bertz CT molecular complexity index is 747. The van der Waals surface area contributed by atoms with Crippen LogP contribution in [-0.4, -0.2) is 24.6 Å². The lowest BCUT2D eigenvalue weighted by molar-refractivity contribution is -0.170. The molecule has 0 unspecified atom stereocenters. The largest absolute Gasteiger partial charge is 0.462 e. The van der Waals surface area contributed by atoms with E-state index in [9.17, 15) is 14.9 Å². The van der Waals surface area contributed by atoms with E-state index in [1.807, 2.05) is 56.3 Å². The van der Waals surface area contributed by atoms with E-state index in [1.165, 1.54) is 0 Å². The summed E-state index contributed by atoms with van der Waals surface area (Å²) in [4.78, 5) is 25.0. The molecular weight excluding hydrogens is 318 g/mol. The maximum absolute atomic E-state index is 13.0. The zero-order chi connectivity index (χ0) is 18.1. The minimum absolute atomic E-state index is 0.200. The molecule has 1 fully saturated rings. The van der Waals surface area contributed by atoms with E-state index in [4.69, 9.17) is 9.47 Å². The molecular formula is C20H21NO4. The Morgan fingerprint density at radius 3 is 2.60 bits per heavy atom. The summed E-state index contributed by atoms with van der Waals surface area (Å²) >= 11 is 0. The highest BCUT2D eigenvalue weighted by molar-refractivity contribution is 5.86. The molecule has 5 heteroatoms. The molecule has 3 atom stereocenters. The Hall–Kier alpha value is -2.61. The molecule has 0 bridgehead atoms. The number of allylic oxidation sites excluding steroid dienone is 2. The minimum Gasteiger partial charge on any atom is -0.462 e. The molecule has 1 saturated heterocycles. The Kier molecular flexibility index (Phi) is 4.38. The number of carbonyl (C=O) groups is 2. The summed E-state index contributed by atoms with van der Waals surface area (Å²) in [6.45, 7) is 3.82. The van der Waals surface area contributed by atoms with Crippen molar-refractivity contribution < 1.29 is 19.1 Å². The maximum Gasteiger partial charge on any atom is 0.348 e. The van der Waals surface area contributed by atoms with E-state index in [0.29, 0.717) is 6.42 Å². The van der Waals surface area contributed by atoms with E-state index in [1.54, 1.807) is 0 Å². The van der Waals surface area contributed by atoms with Gasteiger partial charge < -0.3 is 9.47 Å². The molecule has 0 saturated carbocycles. The van der Waals surface area contributed by atoms with Gasteiger partial charge in [-0.05, 0) is 18.4 Å². The van der Waals surface area contributed by atoms with Crippen LogP contribution >= 0.6 is 0 Å². The lowest BCUT2D eigenvalue weighted by atomic mass is 9.66. The number of hydrogen-bond acceptors (Lipinski definition) is 5. The number of esters is 2. The number of ether oxygens (including phenoxy) is 2. The molecule has 3 rings (SSSR count). The van der Waals surface area contributed by atoms with Crippen LogP contribution in [-0.2, 0) is 19.1 Å². The molecule has 0 N–H and O–H groups in total. The molecule has 1 aromatic carbocycles. The fraction of sp³-hybridized carbons (Fsp3) is 0.450. The van der Waals surface area contributed by atoms with Crippen molar-refractivity contribution in [2.45, 2.75) is 38.7 Å². The van der Waals surface area contributed by atoms with Crippen LogP contribution in [0.3, 0.4) is 0 Å². The SMILES string of the molecule is CC1(C)COC(=O)[C@@H]1OC(=O)[C@]1(C#N)CC=CC[C@H]1c1ccccc1. The summed E-state index contributed by atoms with van der Waals surface area (Å²) in [7, 11) is 0. The van der Waals surface area contributed by atoms with Gasteiger partial charge in [0.05, 0.1) is 6.07 Å². The molecule has 0 radical (unpaired) electrons. The van der Waals surface area contributed by atoms with Crippen LogP contribution in [0.2, 0.25) is 0 Å².